The van der Waals surface area contributed by atoms with Crippen LogP contribution in [0, 0.1) is 4.91 Å². The molecule has 4 rings (SSSR count). The number of halogens is 3. The number of hydrogen-bond acceptors (Lipinski definition) is 8. The van der Waals surface area contributed by atoms with Crippen LogP contribution in [0.15, 0.2) is 40.3 Å². The van der Waals surface area contributed by atoms with Gasteiger partial charge in [0.2, 0.25) is 0 Å². The molecular formula is C16H13F3N6O2. The quantitative estimate of drug-likeness (QED) is 0.646. The summed E-state index contributed by atoms with van der Waals surface area (Å²) in [5.41, 5.74) is 0.863. The predicted molar refractivity (Wildman–Crippen MR) is 90.9 cm³/mol. The van der Waals surface area contributed by atoms with E-state index in [1.54, 1.807) is 11.0 Å². The average molecular weight is 378 g/mol. The highest BCUT2D eigenvalue weighted by molar-refractivity contribution is 5.95. The van der Waals surface area contributed by atoms with Gasteiger partial charge in [-0.15, -0.1) is 4.91 Å². The molecule has 11 heteroatoms. The maximum atomic E-state index is 12.9. The third-order valence-electron chi connectivity index (χ3n) is 4.49. The highest BCUT2D eigenvalue weighted by Gasteiger charge is 2.31. The van der Waals surface area contributed by atoms with Crippen molar-refractivity contribution in [2.45, 2.75) is 6.18 Å². The molecule has 0 amide bonds. The first-order valence-electron chi connectivity index (χ1n) is 8.09. The molecule has 1 aliphatic heterocycles. The number of hydrogen-bond donors (Lipinski definition) is 0. The van der Waals surface area contributed by atoms with Gasteiger partial charge < -0.3 is 9.80 Å². The van der Waals surface area contributed by atoms with Gasteiger partial charge in [0.25, 0.3) is 0 Å². The van der Waals surface area contributed by atoms with E-state index in [9.17, 15) is 18.1 Å². The van der Waals surface area contributed by atoms with E-state index in [0.717, 1.165) is 17.8 Å². The van der Waals surface area contributed by atoms with Crippen molar-refractivity contribution in [1.29, 1.82) is 0 Å². The van der Waals surface area contributed by atoms with E-state index < -0.39 is 11.7 Å². The number of alkyl halides is 3. The molecule has 8 nitrogen and oxygen atoms in total. The number of pyridine rings is 1. The van der Waals surface area contributed by atoms with Crippen molar-refractivity contribution in [2.24, 2.45) is 5.18 Å². The van der Waals surface area contributed by atoms with Gasteiger partial charge in [0.1, 0.15) is 11.5 Å². The molecular weight excluding hydrogens is 365 g/mol. The monoisotopic (exact) mass is 378 g/mol. The molecule has 2 aromatic heterocycles. The van der Waals surface area contributed by atoms with E-state index in [0.29, 0.717) is 37.5 Å². The van der Waals surface area contributed by atoms with Crippen LogP contribution in [0.2, 0.25) is 0 Å². The van der Waals surface area contributed by atoms with Crippen molar-refractivity contribution in [2.75, 3.05) is 36.0 Å². The standard InChI is InChI=1S/C16H13F3N6O2/c17-16(18,19)10-3-4-20-13(9-10)25-7-5-24(6-8-25)12-2-1-11(21-26)14-15(12)23-27-22-14/h1-4,9H,5-8H2. The summed E-state index contributed by atoms with van der Waals surface area (Å²) in [6, 6.07) is 5.26. The molecule has 1 aliphatic rings. The highest BCUT2D eigenvalue weighted by atomic mass is 19.4. The largest absolute Gasteiger partial charge is 0.416 e. The summed E-state index contributed by atoms with van der Waals surface area (Å²) in [5, 5.41) is 10.4. The highest BCUT2D eigenvalue weighted by Crippen LogP contribution is 2.33. The summed E-state index contributed by atoms with van der Waals surface area (Å²) in [7, 11) is 0. The van der Waals surface area contributed by atoms with Crippen molar-refractivity contribution in [3.05, 3.63) is 40.9 Å². The smallest absolute Gasteiger partial charge is 0.366 e. The van der Waals surface area contributed by atoms with Gasteiger partial charge in [0.15, 0.2) is 11.0 Å². The molecule has 27 heavy (non-hydrogen) atoms. The molecule has 3 heterocycles. The van der Waals surface area contributed by atoms with E-state index in [4.69, 9.17) is 4.63 Å². The average Bonchev–Trinajstić information content (AvgIpc) is 3.17. The van der Waals surface area contributed by atoms with Crippen molar-refractivity contribution >= 4 is 28.2 Å². The molecule has 1 fully saturated rings. The van der Waals surface area contributed by atoms with Crippen LogP contribution in [-0.4, -0.2) is 41.5 Å². The van der Waals surface area contributed by atoms with Gasteiger partial charge in [-0.2, -0.15) is 13.2 Å². The van der Waals surface area contributed by atoms with E-state index in [2.05, 4.69) is 20.5 Å². The lowest BCUT2D eigenvalue weighted by atomic mass is 10.2. The maximum Gasteiger partial charge on any atom is 0.416 e. The summed E-state index contributed by atoms with van der Waals surface area (Å²) in [6.07, 6.45) is -3.24. The first-order chi connectivity index (χ1) is 13.0. The van der Waals surface area contributed by atoms with Gasteiger partial charge in [-0.25, -0.2) is 9.61 Å². The summed E-state index contributed by atoms with van der Waals surface area (Å²) >= 11 is 0. The molecule has 3 aromatic rings. The van der Waals surface area contributed by atoms with Crippen LogP contribution in [0.1, 0.15) is 5.56 Å². The van der Waals surface area contributed by atoms with Gasteiger partial charge in [0, 0.05) is 32.4 Å². The first-order valence-corrected chi connectivity index (χ1v) is 8.09. The zero-order valence-corrected chi connectivity index (χ0v) is 13.8. The minimum Gasteiger partial charge on any atom is -0.366 e. The lowest BCUT2D eigenvalue weighted by Gasteiger charge is -2.36. The van der Waals surface area contributed by atoms with Crippen LogP contribution in [0.5, 0.6) is 0 Å². The normalized spacial score (nSPS) is 15.4. The number of aromatic nitrogens is 3. The number of benzene rings is 1. The third kappa shape index (κ3) is 3.15. The van der Waals surface area contributed by atoms with Crippen LogP contribution < -0.4 is 9.80 Å². The Morgan fingerprint density at radius 1 is 1.00 bits per heavy atom. The molecule has 0 atom stereocenters. The van der Waals surface area contributed by atoms with E-state index >= 15 is 0 Å². The summed E-state index contributed by atoms with van der Waals surface area (Å²) in [5.74, 6) is 0.290. The van der Waals surface area contributed by atoms with Gasteiger partial charge in [0.05, 0.1) is 11.3 Å². The Hall–Kier alpha value is -3.24. The molecule has 1 saturated heterocycles. The molecule has 0 saturated carbocycles. The third-order valence-corrected chi connectivity index (χ3v) is 4.49. The molecule has 0 N–H and O–H groups in total. The van der Waals surface area contributed by atoms with Gasteiger partial charge in [-0.3, -0.25) is 0 Å². The van der Waals surface area contributed by atoms with Crippen molar-refractivity contribution < 1.29 is 17.8 Å². The summed E-state index contributed by atoms with van der Waals surface area (Å²) in [4.78, 5) is 18.7. The first kappa shape index (κ1) is 17.2. The van der Waals surface area contributed by atoms with Crippen LogP contribution in [0.4, 0.5) is 30.4 Å². The lowest BCUT2D eigenvalue weighted by molar-refractivity contribution is -0.137. The second-order valence-corrected chi connectivity index (χ2v) is 6.03. The fraction of sp³-hybridized carbons (Fsp3) is 0.312. The van der Waals surface area contributed by atoms with E-state index in [1.807, 2.05) is 4.90 Å². The summed E-state index contributed by atoms with van der Waals surface area (Å²) in [6.45, 7) is 2.03. The molecule has 0 bridgehead atoms. The molecule has 0 aliphatic carbocycles. The zero-order chi connectivity index (χ0) is 19.0. The van der Waals surface area contributed by atoms with Crippen LogP contribution in [-0.2, 0) is 6.18 Å². The molecule has 1 aromatic carbocycles. The van der Waals surface area contributed by atoms with E-state index in [1.165, 1.54) is 12.3 Å². The number of anilines is 2. The van der Waals surface area contributed by atoms with E-state index in [-0.39, 0.29) is 11.2 Å². The summed E-state index contributed by atoms with van der Waals surface area (Å²) < 4.78 is 43.4. The van der Waals surface area contributed by atoms with Crippen LogP contribution >= 0.6 is 0 Å². The van der Waals surface area contributed by atoms with Crippen molar-refractivity contribution in [1.82, 2.24) is 15.3 Å². The molecule has 0 radical (unpaired) electrons. The fourth-order valence-corrected chi connectivity index (χ4v) is 3.11. The Kier molecular flexibility index (Phi) is 4.13. The second-order valence-electron chi connectivity index (χ2n) is 6.03. The Morgan fingerprint density at radius 2 is 1.70 bits per heavy atom. The van der Waals surface area contributed by atoms with Gasteiger partial charge >= 0.3 is 6.18 Å². The SMILES string of the molecule is O=Nc1ccc(N2CCN(c3cc(C(F)(F)F)ccn3)CC2)c2nonc12. The Labute approximate surface area is 150 Å². The minimum absolute atomic E-state index is 0.141. The van der Waals surface area contributed by atoms with Gasteiger partial charge in [-0.1, -0.05) is 0 Å². The fourth-order valence-electron chi connectivity index (χ4n) is 3.11. The van der Waals surface area contributed by atoms with Crippen LogP contribution in [0.25, 0.3) is 11.0 Å². The lowest BCUT2D eigenvalue weighted by Crippen LogP contribution is -2.47. The number of rotatable bonds is 3. The van der Waals surface area contributed by atoms with Crippen molar-refractivity contribution in [3.8, 4) is 0 Å². The number of nitrogens with zero attached hydrogens (tertiary/aromatic N) is 6. The number of piperazine rings is 1. The maximum absolute atomic E-state index is 12.9. The Balaban J connectivity index is 1.53. The number of nitroso groups, excluding NO2 is 1. The predicted octanol–water partition coefficient (Wildman–Crippen LogP) is 3.36. The Morgan fingerprint density at radius 3 is 2.41 bits per heavy atom. The van der Waals surface area contributed by atoms with Gasteiger partial charge in [-0.05, 0) is 39.8 Å². The molecule has 0 spiro atoms. The molecule has 0 unspecified atom stereocenters. The number of fused-ring (bicyclic) bond motifs is 1. The topological polar surface area (TPSA) is 87.7 Å². The van der Waals surface area contributed by atoms with Crippen LogP contribution in [0.3, 0.4) is 0 Å². The second kappa shape index (κ2) is 6.49. The molecule has 140 valence electrons. The zero-order valence-electron chi connectivity index (χ0n) is 13.8. The minimum atomic E-state index is -4.40. The van der Waals surface area contributed by atoms with Crippen molar-refractivity contribution in [3.63, 3.8) is 0 Å². The Bertz CT molecular complexity index is 982.